The van der Waals surface area contributed by atoms with E-state index in [0.29, 0.717) is 38.5 Å². The van der Waals surface area contributed by atoms with Crippen LogP contribution in [-0.2, 0) is 32.6 Å². The van der Waals surface area contributed by atoms with Crippen LogP contribution in [0.25, 0.3) is 0 Å². The molecule has 2 heterocycles. The van der Waals surface area contributed by atoms with Crippen LogP contribution in [0, 0.1) is 6.92 Å². The molecule has 0 spiro atoms. The van der Waals surface area contributed by atoms with Crippen molar-refractivity contribution in [1.82, 2.24) is 14.1 Å². The summed E-state index contributed by atoms with van der Waals surface area (Å²) in [5.41, 5.74) is 0.974. The second kappa shape index (κ2) is 11.6. The molecule has 8 nitrogen and oxygen atoms in total. The molecular formula is C23H33N3O5S. The summed E-state index contributed by atoms with van der Waals surface area (Å²) in [7, 11) is -3.52. The highest BCUT2D eigenvalue weighted by Crippen LogP contribution is 2.14. The number of benzene rings is 1. The Kier molecular flexibility index (Phi) is 8.86. The van der Waals surface area contributed by atoms with E-state index < -0.39 is 10.0 Å². The van der Waals surface area contributed by atoms with Crippen molar-refractivity contribution in [2.45, 2.75) is 26.4 Å². The van der Waals surface area contributed by atoms with Crippen LogP contribution in [0.3, 0.4) is 0 Å². The second-order valence-corrected chi connectivity index (χ2v) is 10.1. The number of nitrogens with zero attached hydrogens (tertiary/aromatic N) is 3. The van der Waals surface area contributed by atoms with Gasteiger partial charge in [-0.2, -0.15) is 4.31 Å². The van der Waals surface area contributed by atoms with Gasteiger partial charge in [0.25, 0.3) is 0 Å². The van der Waals surface area contributed by atoms with Gasteiger partial charge in [-0.15, -0.1) is 0 Å². The Balaban J connectivity index is 1.65. The van der Waals surface area contributed by atoms with Gasteiger partial charge in [-0.05, 0) is 37.6 Å². The predicted molar refractivity (Wildman–Crippen MR) is 122 cm³/mol. The normalized spacial score (nSPS) is 15.2. The van der Waals surface area contributed by atoms with Gasteiger partial charge in [0.2, 0.25) is 15.9 Å². The molecule has 0 radical (unpaired) electrons. The molecule has 0 saturated carbocycles. The van der Waals surface area contributed by atoms with E-state index in [-0.39, 0.29) is 19.0 Å². The zero-order valence-electron chi connectivity index (χ0n) is 18.9. The van der Waals surface area contributed by atoms with Crippen molar-refractivity contribution < 1.29 is 22.4 Å². The summed E-state index contributed by atoms with van der Waals surface area (Å²) in [6.07, 6.45) is 1.82. The van der Waals surface area contributed by atoms with Crippen molar-refractivity contribution in [3.05, 3.63) is 59.5 Å². The molecule has 0 bridgehead atoms. The van der Waals surface area contributed by atoms with E-state index in [1.54, 1.807) is 4.90 Å². The summed E-state index contributed by atoms with van der Waals surface area (Å²) in [5, 5.41) is 0. The molecule has 0 N–H and O–H groups in total. The molecule has 0 aliphatic carbocycles. The number of ether oxygens (including phenoxy) is 1. The number of aryl methyl sites for hydroxylation is 1. The fourth-order valence-electron chi connectivity index (χ4n) is 3.70. The van der Waals surface area contributed by atoms with E-state index in [9.17, 15) is 13.2 Å². The molecule has 0 atom stereocenters. The van der Waals surface area contributed by atoms with E-state index in [1.165, 1.54) is 4.31 Å². The minimum Gasteiger partial charge on any atom is -0.464 e. The minimum atomic E-state index is -3.52. The van der Waals surface area contributed by atoms with E-state index in [4.69, 9.17) is 9.15 Å². The highest BCUT2D eigenvalue weighted by atomic mass is 32.2. The molecule has 9 heteroatoms. The summed E-state index contributed by atoms with van der Waals surface area (Å²) in [6, 6.07) is 13.4. The van der Waals surface area contributed by atoms with Crippen LogP contribution in [0.4, 0.5) is 0 Å². The number of furan rings is 1. The van der Waals surface area contributed by atoms with Crippen LogP contribution < -0.4 is 0 Å². The number of amides is 1. The van der Waals surface area contributed by atoms with Crippen LogP contribution in [0.2, 0.25) is 0 Å². The number of hydrogen-bond donors (Lipinski definition) is 0. The molecule has 1 fully saturated rings. The van der Waals surface area contributed by atoms with Crippen molar-refractivity contribution in [1.29, 1.82) is 0 Å². The molecule has 1 amide bonds. The van der Waals surface area contributed by atoms with Crippen LogP contribution in [-0.4, -0.2) is 80.6 Å². The minimum absolute atomic E-state index is 0.186. The summed E-state index contributed by atoms with van der Waals surface area (Å²) in [6.45, 7) is 6.53. The molecule has 1 aromatic carbocycles. The Morgan fingerprint density at radius 1 is 1.06 bits per heavy atom. The van der Waals surface area contributed by atoms with Gasteiger partial charge in [0.05, 0.1) is 32.6 Å². The fraction of sp³-hybridized carbons (Fsp3) is 0.522. The Morgan fingerprint density at radius 3 is 2.41 bits per heavy atom. The van der Waals surface area contributed by atoms with E-state index in [1.807, 2.05) is 49.4 Å². The summed E-state index contributed by atoms with van der Waals surface area (Å²) < 4.78 is 37.1. The van der Waals surface area contributed by atoms with Crippen LogP contribution in [0.1, 0.15) is 23.5 Å². The lowest BCUT2D eigenvalue weighted by molar-refractivity contribution is -0.133. The summed E-state index contributed by atoms with van der Waals surface area (Å²) in [5.74, 6) is 1.19. The molecule has 1 aliphatic heterocycles. The maximum Gasteiger partial charge on any atom is 0.238 e. The number of carbonyl (C=O) groups is 1. The standard InChI is InChI=1S/C23H33N3O5S/c1-20-9-10-22(31-20)18-25(17-21-7-4-3-5-8-21)23(27)19-26(32(2,28)29)12-6-11-24-13-15-30-16-14-24/h3-5,7-10H,6,11-19H2,1-2H3. The molecule has 1 saturated heterocycles. The van der Waals surface area contributed by atoms with Gasteiger partial charge in [0.15, 0.2) is 0 Å². The van der Waals surface area contributed by atoms with E-state index in [2.05, 4.69) is 4.90 Å². The first-order valence-corrected chi connectivity index (χ1v) is 12.8. The lowest BCUT2D eigenvalue weighted by Crippen LogP contribution is -2.43. The smallest absolute Gasteiger partial charge is 0.238 e. The maximum absolute atomic E-state index is 13.2. The van der Waals surface area contributed by atoms with Crippen LogP contribution in [0.5, 0.6) is 0 Å². The van der Waals surface area contributed by atoms with Gasteiger partial charge in [-0.3, -0.25) is 9.69 Å². The number of hydrogen-bond acceptors (Lipinski definition) is 6. The molecule has 3 rings (SSSR count). The molecule has 1 aliphatic rings. The van der Waals surface area contributed by atoms with Crippen molar-refractivity contribution in [3.63, 3.8) is 0 Å². The highest BCUT2D eigenvalue weighted by molar-refractivity contribution is 7.88. The molecule has 176 valence electrons. The van der Waals surface area contributed by atoms with Gasteiger partial charge in [-0.25, -0.2) is 8.42 Å². The van der Waals surface area contributed by atoms with Crippen molar-refractivity contribution in [3.8, 4) is 0 Å². The lowest BCUT2D eigenvalue weighted by Gasteiger charge is -2.28. The van der Waals surface area contributed by atoms with E-state index >= 15 is 0 Å². The molecule has 32 heavy (non-hydrogen) atoms. The third-order valence-corrected chi connectivity index (χ3v) is 6.73. The van der Waals surface area contributed by atoms with Crippen molar-refractivity contribution in [2.24, 2.45) is 0 Å². The number of sulfonamides is 1. The monoisotopic (exact) mass is 463 g/mol. The predicted octanol–water partition coefficient (Wildman–Crippen LogP) is 2.10. The average Bonchev–Trinajstić information content (AvgIpc) is 3.18. The first-order chi connectivity index (χ1) is 15.3. The van der Waals surface area contributed by atoms with Crippen molar-refractivity contribution >= 4 is 15.9 Å². The highest BCUT2D eigenvalue weighted by Gasteiger charge is 2.24. The van der Waals surface area contributed by atoms with Crippen molar-refractivity contribution in [2.75, 3.05) is 52.2 Å². The number of morpholine rings is 1. The Hall–Kier alpha value is -2.20. The quantitative estimate of drug-likeness (QED) is 0.508. The Labute approximate surface area is 190 Å². The summed E-state index contributed by atoms with van der Waals surface area (Å²) >= 11 is 0. The van der Waals surface area contributed by atoms with Gasteiger partial charge in [0, 0.05) is 26.2 Å². The van der Waals surface area contributed by atoms with E-state index in [0.717, 1.165) is 37.2 Å². The zero-order valence-corrected chi connectivity index (χ0v) is 19.7. The van der Waals surface area contributed by atoms with Gasteiger partial charge in [-0.1, -0.05) is 30.3 Å². The largest absolute Gasteiger partial charge is 0.464 e. The molecule has 1 aromatic heterocycles. The number of carbonyl (C=O) groups excluding carboxylic acids is 1. The first-order valence-electron chi connectivity index (χ1n) is 10.9. The maximum atomic E-state index is 13.2. The second-order valence-electron chi connectivity index (χ2n) is 8.15. The van der Waals surface area contributed by atoms with Crippen LogP contribution >= 0.6 is 0 Å². The molecule has 0 unspecified atom stereocenters. The van der Waals surface area contributed by atoms with Gasteiger partial charge in [0.1, 0.15) is 11.5 Å². The summed E-state index contributed by atoms with van der Waals surface area (Å²) in [4.78, 5) is 17.1. The number of rotatable bonds is 11. The lowest BCUT2D eigenvalue weighted by atomic mass is 10.2. The fourth-order valence-corrected chi connectivity index (χ4v) is 4.51. The molecular weight excluding hydrogens is 430 g/mol. The van der Waals surface area contributed by atoms with Crippen LogP contribution in [0.15, 0.2) is 46.9 Å². The third-order valence-electron chi connectivity index (χ3n) is 5.48. The Morgan fingerprint density at radius 2 is 1.78 bits per heavy atom. The first kappa shape index (κ1) is 24.4. The SMILES string of the molecule is Cc1ccc(CN(Cc2ccccc2)C(=O)CN(CCCN2CCOCC2)S(C)(=O)=O)o1. The topological polar surface area (TPSA) is 83.3 Å². The third kappa shape index (κ3) is 7.74. The average molecular weight is 464 g/mol. The zero-order chi connectivity index (χ0) is 23.0. The Bertz CT molecular complexity index is 955. The van der Waals surface area contributed by atoms with Gasteiger partial charge >= 0.3 is 0 Å². The molecule has 2 aromatic rings. The van der Waals surface area contributed by atoms with Gasteiger partial charge < -0.3 is 14.1 Å².